The van der Waals surface area contributed by atoms with Crippen LogP contribution in [-0.2, 0) is 16.0 Å². The van der Waals surface area contributed by atoms with Gasteiger partial charge >= 0.3 is 0 Å². The van der Waals surface area contributed by atoms with Gasteiger partial charge < -0.3 is 26.2 Å². The van der Waals surface area contributed by atoms with E-state index in [1.54, 1.807) is 18.5 Å². The van der Waals surface area contributed by atoms with Gasteiger partial charge in [0.25, 0.3) is 5.91 Å². The Labute approximate surface area is 237 Å². The average molecular weight is 553 g/mol. The Hall–Kier alpha value is -3.86. The largest absolute Gasteiger partial charge is 0.369 e. The molecule has 1 unspecified atom stereocenters. The number of hydrogen-bond donors (Lipinski definition) is 4. The number of nitrogens with zero attached hydrogens (tertiary/aromatic N) is 4. The van der Waals surface area contributed by atoms with Gasteiger partial charge in [-0.3, -0.25) is 19.4 Å². The topological polar surface area (TPSA) is 141 Å². The molecule has 0 saturated carbocycles. The highest BCUT2D eigenvalue weighted by atomic mass is 16.2. The average Bonchev–Trinajstić information content (AvgIpc) is 2.94. The van der Waals surface area contributed by atoms with Crippen molar-refractivity contribution in [2.45, 2.75) is 58.4 Å². The van der Waals surface area contributed by atoms with Crippen LogP contribution in [0.5, 0.6) is 0 Å². The minimum Gasteiger partial charge on any atom is -0.369 e. The third-order valence-corrected chi connectivity index (χ3v) is 6.03. The monoisotopic (exact) mass is 552 g/mol. The van der Waals surface area contributed by atoms with Crippen LogP contribution in [0.3, 0.4) is 0 Å². The Morgan fingerprint density at radius 2 is 1.80 bits per heavy atom. The predicted molar refractivity (Wildman–Crippen MR) is 158 cm³/mol. The number of aromatic nitrogens is 3. The molecule has 0 aliphatic rings. The second-order valence-corrected chi connectivity index (χ2v) is 9.76. The minimum atomic E-state index is -0.279. The van der Waals surface area contributed by atoms with Gasteiger partial charge in [-0.15, -0.1) is 0 Å². The Kier molecular flexibility index (Phi) is 14.9. The molecule has 0 fully saturated rings. The summed E-state index contributed by atoms with van der Waals surface area (Å²) in [7, 11) is 3.85. The molecule has 0 saturated heterocycles. The lowest BCUT2D eigenvalue weighted by Crippen LogP contribution is -2.37. The third kappa shape index (κ3) is 12.8. The standard InChI is InChI=1S/C29H44N8O3/c1-5-15-31-27-25(21-34-29(36-27)33-18-13-22-11-16-30-17-12-22)28(40)32-19-14-23(6-2)35-26(39)10-9-24(38)8-7-20-37(3)4/h7-8,11-12,16-17,21,23H,5-6,9-10,13-15,18-20H2,1-4H3,(H,32,40)(H,35,39)(H2,31,33,34,36)/b8-7+. The fourth-order valence-electron chi connectivity index (χ4n) is 3.73. The molecule has 0 spiro atoms. The molecule has 4 N–H and O–H groups in total. The van der Waals surface area contributed by atoms with Gasteiger partial charge in [0.05, 0.1) is 0 Å². The van der Waals surface area contributed by atoms with E-state index in [0.29, 0.717) is 56.4 Å². The Balaban J connectivity index is 1.83. The highest BCUT2D eigenvalue weighted by molar-refractivity contribution is 5.98. The van der Waals surface area contributed by atoms with Gasteiger partial charge in [-0.05, 0) is 63.6 Å². The normalized spacial score (nSPS) is 11.8. The van der Waals surface area contributed by atoms with E-state index < -0.39 is 0 Å². The number of carbonyl (C=O) groups is 3. The van der Waals surface area contributed by atoms with Gasteiger partial charge in [0.15, 0.2) is 5.78 Å². The zero-order valence-corrected chi connectivity index (χ0v) is 24.2. The number of hydrogen-bond acceptors (Lipinski definition) is 9. The second-order valence-electron chi connectivity index (χ2n) is 9.76. The van der Waals surface area contributed by atoms with Crippen molar-refractivity contribution in [1.82, 2.24) is 30.5 Å². The minimum absolute atomic E-state index is 0.0676. The first-order chi connectivity index (χ1) is 19.3. The van der Waals surface area contributed by atoms with E-state index in [9.17, 15) is 14.4 Å². The van der Waals surface area contributed by atoms with Gasteiger partial charge in [0, 0.05) is 63.7 Å². The fourth-order valence-corrected chi connectivity index (χ4v) is 3.73. The van der Waals surface area contributed by atoms with Crippen molar-refractivity contribution in [3.63, 3.8) is 0 Å². The summed E-state index contributed by atoms with van der Waals surface area (Å²) in [5, 5.41) is 12.3. The molecule has 0 radical (unpaired) electrons. The molecule has 2 heterocycles. The molecule has 2 rings (SSSR count). The first-order valence-electron chi connectivity index (χ1n) is 14.0. The maximum Gasteiger partial charge on any atom is 0.256 e. The summed E-state index contributed by atoms with van der Waals surface area (Å²) in [5.74, 6) is 0.411. The molecule has 40 heavy (non-hydrogen) atoms. The molecule has 11 nitrogen and oxygen atoms in total. The Bertz CT molecular complexity index is 1090. The van der Waals surface area contributed by atoms with Gasteiger partial charge in [0.2, 0.25) is 11.9 Å². The highest BCUT2D eigenvalue weighted by Crippen LogP contribution is 2.14. The third-order valence-electron chi connectivity index (χ3n) is 6.03. The number of allylic oxidation sites excluding steroid dienone is 1. The molecular weight excluding hydrogens is 508 g/mol. The van der Waals surface area contributed by atoms with E-state index in [1.807, 2.05) is 45.0 Å². The summed E-state index contributed by atoms with van der Waals surface area (Å²) < 4.78 is 0. The van der Waals surface area contributed by atoms with Crippen molar-refractivity contribution in [2.24, 2.45) is 0 Å². The van der Waals surface area contributed by atoms with Crippen LogP contribution >= 0.6 is 0 Å². The Morgan fingerprint density at radius 1 is 1.02 bits per heavy atom. The summed E-state index contributed by atoms with van der Waals surface area (Å²) in [4.78, 5) is 52.1. The number of ketones is 1. The van der Waals surface area contributed by atoms with Crippen LogP contribution < -0.4 is 21.3 Å². The summed E-state index contributed by atoms with van der Waals surface area (Å²) >= 11 is 0. The predicted octanol–water partition coefficient (Wildman–Crippen LogP) is 2.83. The summed E-state index contributed by atoms with van der Waals surface area (Å²) in [6.07, 6.45) is 11.6. The number of amides is 2. The summed E-state index contributed by atoms with van der Waals surface area (Å²) in [6, 6.07) is 3.82. The van der Waals surface area contributed by atoms with Gasteiger partial charge in [-0.25, -0.2) is 4.98 Å². The van der Waals surface area contributed by atoms with Gasteiger partial charge in [-0.2, -0.15) is 4.98 Å². The number of nitrogens with one attached hydrogen (secondary N) is 4. The molecule has 0 bridgehead atoms. The number of likely N-dealkylation sites (N-methyl/N-ethyl adjacent to an activating group) is 1. The van der Waals surface area contributed by atoms with E-state index in [-0.39, 0.29) is 36.5 Å². The van der Waals surface area contributed by atoms with E-state index in [1.165, 1.54) is 12.3 Å². The highest BCUT2D eigenvalue weighted by Gasteiger charge is 2.16. The van der Waals surface area contributed by atoms with Gasteiger partial charge in [0.1, 0.15) is 11.4 Å². The molecule has 2 aromatic rings. The zero-order chi connectivity index (χ0) is 29.2. The van der Waals surface area contributed by atoms with Crippen molar-refractivity contribution in [2.75, 3.05) is 50.9 Å². The lowest BCUT2D eigenvalue weighted by atomic mass is 10.1. The van der Waals surface area contributed by atoms with E-state index >= 15 is 0 Å². The zero-order valence-electron chi connectivity index (χ0n) is 24.2. The van der Waals surface area contributed by atoms with E-state index in [0.717, 1.165) is 18.4 Å². The first kappa shape index (κ1) is 32.4. The van der Waals surface area contributed by atoms with Crippen LogP contribution in [0.15, 0.2) is 42.9 Å². The molecule has 1 atom stereocenters. The van der Waals surface area contributed by atoms with Crippen LogP contribution in [0.1, 0.15) is 61.9 Å². The number of anilines is 2. The molecule has 2 aromatic heterocycles. The van der Waals surface area contributed by atoms with Crippen LogP contribution in [0.25, 0.3) is 0 Å². The smallest absolute Gasteiger partial charge is 0.256 e. The maximum absolute atomic E-state index is 12.9. The molecular formula is C29H44N8O3. The lowest BCUT2D eigenvalue weighted by molar-refractivity contribution is -0.124. The van der Waals surface area contributed by atoms with Crippen LogP contribution in [0, 0.1) is 0 Å². The van der Waals surface area contributed by atoms with Crippen molar-refractivity contribution in [3.05, 3.63) is 54.0 Å². The first-order valence-corrected chi connectivity index (χ1v) is 14.0. The summed E-state index contributed by atoms with van der Waals surface area (Å²) in [5.41, 5.74) is 1.52. The molecule has 0 aromatic carbocycles. The number of rotatable bonds is 19. The van der Waals surface area contributed by atoms with E-state index in [2.05, 4.69) is 36.2 Å². The number of pyridine rings is 1. The molecule has 218 valence electrons. The molecule has 0 aliphatic carbocycles. The number of carbonyl (C=O) groups excluding carboxylic acids is 3. The van der Waals surface area contributed by atoms with Crippen molar-refractivity contribution < 1.29 is 14.4 Å². The van der Waals surface area contributed by atoms with Crippen LogP contribution in [-0.4, -0.2) is 83.8 Å². The molecule has 11 heteroatoms. The van der Waals surface area contributed by atoms with Crippen LogP contribution in [0.4, 0.5) is 11.8 Å². The van der Waals surface area contributed by atoms with Crippen molar-refractivity contribution in [1.29, 1.82) is 0 Å². The second kappa shape index (κ2) is 18.4. The Morgan fingerprint density at radius 3 is 2.50 bits per heavy atom. The van der Waals surface area contributed by atoms with Crippen LogP contribution in [0.2, 0.25) is 0 Å². The SMILES string of the molecule is CCCNc1nc(NCCc2ccncc2)ncc1C(=O)NCCC(CC)NC(=O)CCC(=O)/C=C/CN(C)C. The molecule has 2 amide bonds. The van der Waals surface area contributed by atoms with Crippen molar-refractivity contribution in [3.8, 4) is 0 Å². The van der Waals surface area contributed by atoms with Crippen molar-refractivity contribution >= 4 is 29.4 Å². The van der Waals surface area contributed by atoms with E-state index in [4.69, 9.17) is 0 Å². The lowest BCUT2D eigenvalue weighted by Gasteiger charge is -2.18. The summed E-state index contributed by atoms with van der Waals surface area (Å²) in [6.45, 7) is 6.39. The fraction of sp³-hybridized carbons (Fsp3) is 0.517. The quantitative estimate of drug-likeness (QED) is 0.194. The maximum atomic E-state index is 12.9. The molecule has 0 aliphatic heterocycles. The van der Waals surface area contributed by atoms with Gasteiger partial charge in [-0.1, -0.05) is 19.9 Å².